The zero-order valence-electron chi connectivity index (χ0n) is 15.0. The van der Waals surface area contributed by atoms with Gasteiger partial charge in [0.05, 0.1) is 11.6 Å². The van der Waals surface area contributed by atoms with Crippen molar-refractivity contribution in [1.82, 2.24) is 4.98 Å². The molecule has 7 heteroatoms. The van der Waals surface area contributed by atoms with Gasteiger partial charge in [0.2, 0.25) is 0 Å². The van der Waals surface area contributed by atoms with E-state index in [0.717, 1.165) is 0 Å². The van der Waals surface area contributed by atoms with Crippen LogP contribution in [0.4, 0.5) is 5.69 Å². The lowest BCUT2D eigenvalue weighted by atomic mass is 10.1. The number of anilines is 1. The first-order chi connectivity index (χ1) is 12.2. The van der Waals surface area contributed by atoms with Gasteiger partial charge >= 0.3 is 5.97 Å². The van der Waals surface area contributed by atoms with E-state index in [-0.39, 0.29) is 11.5 Å². The van der Waals surface area contributed by atoms with Gasteiger partial charge < -0.3 is 15.0 Å². The number of esters is 1. The van der Waals surface area contributed by atoms with Gasteiger partial charge in [0.25, 0.3) is 5.91 Å². The molecule has 0 saturated heterocycles. The Morgan fingerprint density at radius 1 is 1.19 bits per heavy atom. The lowest BCUT2D eigenvalue weighted by Crippen LogP contribution is -2.30. The summed E-state index contributed by atoms with van der Waals surface area (Å²) in [5.41, 5.74) is 2.65. The average molecular weight is 353 g/mol. The molecule has 1 aromatic carbocycles. The molecule has 0 aliphatic carbocycles. The summed E-state index contributed by atoms with van der Waals surface area (Å²) in [4.78, 5) is 39.0. The van der Waals surface area contributed by atoms with Gasteiger partial charge in [-0.05, 0) is 57.5 Å². The van der Waals surface area contributed by atoms with Crippen molar-refractivity contribution in [2.24, 2.45) is 0 Å². The van der Waals surface area contributed by atoms with E-state index >= 15 is 0 Å². The minimum absolute atomic E-state index is 0.151. The Labute approximate surface area is 151 Å². The highest BCUT2D eigenvalue weighted by atomic mass is 16.5. The first-order valence-electron chi connectivity index (χ1n) is 7.96. The van der Waals surface area contributed by atoms with Crippen molar-refractivity contribution in [3.8, 4) is 6.07 Å². The van der Waals surface area contributed by atoms with Crippen LogP contribution in [0.1, 0.15) is 51.5 Å². The van der Waals surface area contributed by atoms with Gasteiger partial charge in [-0.2, -0.15) is 5.26 Å². The van der Waals surface area contributed by atoms with E-state index in [2.05, 4.69) is 10.3 Å². The summed E-state index contributed by atoms with van der Waals surface area (Å²) in [6.45, 7) is 6.22. The Kier molecular flexibility index (Phi) is 5.58. The molecular formula is C19H19N3O4. The molecule has 2 N–H and O–H groups in total. The molecule has 0 aliphatic heterocycles. The van der Waals surface area contributed by atoms with Gasteiger partial charge in [-0.15, -0.1) is 0 Å². The Bertz CT molecular complexity index is 904. The number of carbonyl (C=O) groups is 3. The summed E-state index contributed by atoms with van der Waals surface area (Å²) in [5, 5.41) is 11.4. The number of rotatable bonds is 5. The van der Waals surface area contributed by atoms with Crippen molar-refractivity contribution in [2.75, 3.05) is 5.32 Å². The highest BCUT2D eigenvalue weighted by Crippen LogP contribution is 2.20. The van der Waals surface area contributed by atoms with Crippen LogP contribution in [0, 0.1) is 25.2 Å². The molecule has 2 rings (SSSR count). The van der Waals surface area contributed by atoms with Gasteiger partial charge in [0.15, 0.2) is 11.9 Å². The van der Waals surface area contributed by atoms with Crippen LogP contribution >= 0.6 is 0 Å². The first-order valence-corrected chi connectivity index (χ1v) is 7.96. The molecule has 0 spiro atoms. The predicted molar refractivity (Wildman–Crippen MR) is 94.9 cm³/mol. The number of amides is 1. The van der Waals surface area contributed by atoms with E-state index in [1.165, 1.54) is 13.8 Å². The second kappa shape index (κ2) is 7.66. The fourth-order valence-electron chi connectivity index (χ4n) is 2.63. The summed E-state index contributed by atoms with van der Waals surface area (Å²) in [7, 11) is 0. The second-order valence-corrected chi connectivity index (χ2v) is 5.91. The van der Waals surface area contributed by atoms with E-state index in [9.17, 15) is 14.4 Å². The molecule has 26 heavy (non-hydrogen) atoms. The maximum absolute atomic E-state index is 12.3. The normalized spacial score (nSPS) is 11.3. The molecular weight excluding hydrogens is 334 g/mol. The van der Waals surface area contributed by atoms with Gasteiger partial charge in [-0.3, -0.25) is 9.59 Å². The lowest BCUT2D eigenvalue weighted by molar-refractivity contribution is -0.123. The number of carbonyl (C=O) groups excluding carboxylic acids is 3. The molecule has 0 bridgehead atoms. The molecule has 2 aromatic rings. The Morgan fingerprint density at radius 2 is 1.81 bits per heavy atom. The van der Waals surface area contributed by atoms with Crippen LogP contribution in [0.5, 0.6) is 0 Å². The largest absolute Gasteiger partial charge is 0.448 e. The van der Waals surface area contributed by atoms with Gasteiger partial charge in [0, 0.05) is 16.9 Å². The van der Waals surface area contributed by atoms with E-state index < -0.39 is 18.0 Å². The number of ether oxygens (including phenoxy) is 1. The van der Waals surface area contributed by atoms with Gasteiger partial charge in [-0.25, -0.2) is 4.79 Å². The minimum Gasteiger partial charge on any atom is -0.448 e. The number of hydrogen-bond donors (Lipinski definition) is 2. The number of hydrogen-bond acceptors (Lipinski definition) is 5. The second-order valence-electron chi connectivity index (χ2n) is 5.91. The number of ketones is 1. The monoisotopic (exact) mass is 353 g/mol. The number of nitrogens with zero attached hydrogens (tertiary/aromatic N) is 1. The van der Waals surface area contributed by atoms with Crippen LogP contribution in [0.25, 0.3) is 0 Å². The van der Waals surface area contributed by atoms with Crippen molar-refractivity contribution in [3.05, 3.63) is 52.3 Å². The van der Waals surface area contributed by atoms with Gasteiger partial charge in [-0.1, -0.05) is 0 Å². The molecule has 0 unspecified atom stereocenters. The Hall–Kier alpha value is -3.40. The van der Waals surface area contributed by atoms with Crippen molar-refractivity contribution in [2.45, 2.75) is 33.8 Å². The van der Waals surface area contributed by atoms with Crippen LogP contribution in [0.3, 0.4) is 0 Å². The molecule has 1 heterocycles. The van der Waals surface area contributed by atoms with Crippen LogP contribution in [0.2, 0.25) is 0 Å². The van der Waals surface area contributed by atoms with Crippen molar-refractivity contribution in [1.29, 1.82) is 5.26 Å². The predicted octanol–water partition coefficient (Wildman–Crippen LogP) is 2.89. The number of nitrogens with one attached hydrogen (secondary N) is 2. The zero-order chi connectivity index (χ0) is 19.4. The third kappa shape index (κ3) is 3.98. The molecule has 134 valence electrons. The smallest absolute Gasteiger partial charge is 0.355 e. The summed E-state index contributed by atoms with van der Waals surface area (Å²) in [6, 6.07) is 8.30. The van der Waals surface area contributed by atoms with Crippen molar-refractivity contribution >= 4 is 23.3 Å². The fraction of sp³-hybridized carbons (Fsp3) is 0.263. The number of aromatic nitrogens is 1. The van der Waals surface area contributed by atoms with E-state index in [1.54, 1.807) is 38.1 Å². The van der Waals surface area contributed by atoms with E-state index in [0.29, 0.717) is 28.1 Å². The molecule has 1 atom stereocenters. The first kappa shape index (κ1) is 18.9. The van der Waals surface area contributed by atoms with Gasteiger partial charge in [0.1, 0.15) is 5.69 Å². The molecule has 0 saturated carbocycles. The summed E-state index contributed by atoms with van der Waals surface area (Å²) < 4.78 is 5.20. The van der Waals surface area contributed by atoms with Crippen LogP contribution in [-0.2, 0) is 9.53 Å². The number of H-pyrrole nitrogens is 1. The highest BCUT2D eigenvalue weighted by molar-refractivity contribution is 6.02. The third-order valence-corrected chi connectivity index (χ3v) is 3.93. The fourth-order valence-corrected chi connectivity index (χ4v) is 2.63. The number of aryl methyl sites for hydroxylation is 1. The quantitative estimate of drug-likeness (QED) is 0.634. The number of benzene rings is 1. The summed E-state index contributed by atoms with van der Waals surface area (Å²) >= 11 is 0. The maximum Gasteiger partial charge on any atom is 0.355 e. The number of nitriles is 1. The number of aromatic amines is 1. The van der Waals surface area contributed by atoms with Crippen molar-refractivity contribution in [3.63, 3.8) is 0 Å². The molecule has 7 nitrogen and oxygen atoms in total. The summed E-state index contributed by atoms with van der Waals surface area (Å²) in [6.07, 6.45) is -1.04. The van der Waals surface area contributed by atoms with Crippen molar-refractivity contribution < 1.29 is 19.1 Å². The highest BCUT2D eigenvalue weighted by Gasteiger charge is 2.24. The Balaban J connectivity index is 2.06. The summed E-state index contributed by atoms with van der Waals surface area (Å²) in [5.74, 6) is -1.36. The molecule has 0 fully saturated rings. The van der Waals surface area contributed by atoms with E-state index in [1.807, 2.05) is 6.07 Å². The SMILES string of the molecule is CC(=O)c1c(C)[nH]c(C(=O)O[C@H](C)C(=O)Nc2ccc(C#N)cc2)c1C. The lowest BCUT2D eigenvalue weighted by Gasteiger charge is -2.13. The maximum atomic E-state index is 12.3. The third-order valence-electron chi connectivity index (χ3n) is 3.93. The molecule has 1 aromatic heterocycles. The average Bonchev–Trinajstić information content (AvgIpc) is 2.90. The molecule has 1 amide bonds. The minimum atomic E-state index is -1.04. The standard InChI is InChI=1S/C19H19N3O4/c1-10-16(12(3)23)11(2)21-17(10)19(25)26-13(4)18(24)22-15-7-5-14(9-20)6-8-15/h5-8,13,21H,1-4H3,(H,22,24)/t13-/m1/s1. The zero-order valence-corrected chi connectivity index (χ0v) is 15.0. The number of Topliss-reactive ketones (excluding diaryl/α,β-unsaturated/α-hetero) is 1. The molecule has 0 radical (unpaired) electrons. The van der Waals surface area contributed by atoms with Crippen LogP contribution in [0.15, 0.2) is 24.3 Å². The Morgan fingerprint density at radius 3 is 2.31 bits per heavy atom. The van der Waals surface area contributed by atoms with E-state index in [4.69, 9.17) is 10.00 Å². The van der Waals surface area contributed by atoms with Crippen LogP contribution in [-0.4, -0.2) is 28.7 Å². The topological polar surface area (TPSA) is 112 Å². The van der Waals surface area contributed by atoms with Crippen LogP contribution < -0.4 is 5.32 Å². The molecule has 0 aliphatic rings.